The Labute approximate surface area is 157 Å². The van der Waals surface area contributed by atoms with Gasteiger partial charge in [0.15, 0.2) is 0 Å². The fourth-order valence-corrected chi connectivity index (χ4v) is 2.94. The number of benzene rings is 2. The SMILES string of the molecule is Cc1ccc(O)c(C(=O)NC2CCOCC2Oc2ccc(C(N)=O)cc2)c1. The lowest BCUT2D eigenvalue weighted by atomic mass is 10.0. The van der Waals surface area contributed by atoms with Crippen molar-refractivity contribution in [1.82, 2.24) is 5.32 Å². The minimum absolute atomic E-state index is 0.0651. The van der Waals surface area contributed by atoms with Gasteiger partial charge in [-0.3, -0.25) is 9.59 Å². The van der Waals surface area contributed by atoms with E-state index in [0.29, 0.717) is 30.9 Å². The molecular weight excluding hydrogens is 348 g/mol. The molecular formula is C20H22N2O5. The van der Waals surface area contributed by atoms with Gasteiger partial charge in [-0.15, -0.1) is 0 Å². The molecule has 0 spiro atoms. The van der Waals surface area contributed by atoms with Crippen LogP contribution in [0.2, 0.25) is 0 Å². The van der Waals surface area contributed by atoms with Crippen LogP contribution in [0.1, 0.15) is 32.7 Å². The summed E-state index contributed by atoms with van der Waals surface area (Å²) in [6, 6.07) is 11.1. The first-order chi connectivity index (χ1) is 12.9. The number of phenolic OH excluding ortho intramolecular Hbond substituents is 1. The van der Waals surface area contributed by atoms with Crippen molar-refractivity contribution in [3.05, 3.63) is 59.2 Å². The van der Waals surface area contributed by atoms with Gasteiger partial charge in [-0.1, -0.05) is 11.6 Å². The fourth-order valence-electron chi connectivity index (χ4n) is 2.94. The summed E-state index contributed by atoms with van der Waals surface area (Å²) in [6.45, 7) is 2.68. The Kier molecular flexibility index (Phi) is 5.61. The lowest BCUT2D eigenvalue weighted by Gasteiger charge is -2.32. The van der Waals surface area contributed by atoms with Crippen molar-refractivity contribution in [1.29, 1.82) is 0 Å². The van der Waals surface area contributed by atoms with Crippen LogP contribution in [0.5, 0.6) is 11.5 Å². The number of nitrogens with one attached hydrogen (secondary N) is 1. The van der Waals surface area contributed by atoms with E-state index in [1.165, 1.54) is 6.07 Å². The Morgan fingerprint density at radius 3 is 2.67 bits per heavy atom. The molecule has 0 saturated carbocycles. The quantitative estimate of drug-likeness (QED) is 0.743. The molecule has 2 atom stereocenters. The lowest BCUT2D eigenvalue weighted by Crippen LogP contribution is -2.51. The van der Waals surface area contributed by atoms with Crippen LogP contribution in [0.15, 0.2) is 42.5 Å². The molecule has 27 heavy (non-hydrogen) atoms. The first kappa shape index (κ1) is 18.7. The molecule has 0 radical (unpaired) electrons. The van der Waals surface area contributed by atoms with Crippen molar-refractivity contribution in [2.75, 3.05) is 13.2 Å². The van der Waals surface area contributed by atoms with Crippen molar-refractivity contribution in [3.63, 3.8) is 0 Å². The zero-order valence-corrected chi connectivity index (χ0v) is 15.0. The summed E-state index contributed by atoms with van der Waals surface area (Å²) >= 11 is 0. The van der Waals surface area contributed by atoms with Gasteiger partial charge in [0.25, 0.3) is 5.91 Å². The Morgan fingerprint density at radius 1 is 1.22 bits per heavy atom. The number of ether oxygens (including phenoxy) is 2. The summed E-state index contributed by atoms with van der Waals surface area (Å²) in [5.74, 6) is -0.385. The third-order valence-electron chi connectivity index (χ3n) is 4.44. The molecule has 7 heteroatoms. The number of hydrogen-bond donors (Lipinski definition) is 3. The molecule has 1 fully saturated rings. The fraction of sp³-hybridized carbons (Fsp3) is 0.300. The normalized spacial score (nSPS) is 19.3. The number of primary amides is 1. The molecule has 2 amide bonds. The zero-order valence-electron chi connectivity index (χ0n) is 15.0. The number of carbonyl (C=O) groups excluding carboxylic acids is 2. The average molecular weight is 370 g/mol. The van der Waals surface area contributed by atoms with Crippen molar-refractivity contribution < 1.29 is 24.2 Å². The highest BCUT2D eigenvalue weighted by Gasteiger charge is 2.30. The second kappa shape index (κ2) is 8.09. The highest BCUT2D eigenvalue weighted by atomic mass is 16.5. The molecule has 142 valence electrons. The van der Waals surface area contributed by atoms with Crippen LogP contribution >= 0.6 is 0 Å². The molecule has 2 unspecified atom stereocenters. The van der Waals surface area contributed by atoms with E-state index in [9.17, 15) is 14.7 Å². The van der Waals surface area contributed by atoms with E-state index in [4.69, 9.17) is 15.2 Å². The standard InChI is InChI=1S/C20H22N2O5/c1-12-2-7-17(23)15(10-12)20(25)22-16-8-9-26-11-18(16)27-14-5-3-13(4-6-14)19(21)24/h2-7,10,16,18,23H,8-9,11H2,1H3,(H2,21,24)(H,22,25). The van der Waals surface area contributed by atoms with E-state index in [1.54, 1.807) is 36.4 Å². The third-order valence-corrected chi connectivity index (χ3v) is 4.44. The van der Waals surface area contributed by atoms with E-state index in [-0.39, 0.29) is 23.3 Å². The van der Waals surface area contributed by atoms with Gasteiger partial charge in [-0.2, -0.15) is 0 Å². The van der Waals surface area contributed by atoms with Crippen molar-refractivity contribution in [3.8, 4) is 11.5 Å². The molecule has 1 heterocycles. The Hall–Kier alpha value is -3.06. The zero-order chi connectivity index (χ0) is 19.4. The van der Waals surface area contributed by atoms with Crippen LogP contribution in [-0.4, -0.2) is 42.3 Å². The molecule has 3 rings (SSSR count). The molecule has 0 bridgehead atoms. The maximum absolute atomic E-state index is 12.6. The number of carbonyl (C=O) groups is 2. The monoisotopic (exact) mass is 370 g/mol. The Balaban J connectivity index is 1.70. The highest BCUT2D eigenvalue weighted by molar-refractivity contribution is 5.97. The third kappa shape index (κ3) is 4.57. The Morgan fingerprint density at radius 2 is 1.96 bits per heavy atom. The van der Waals surface area contributed by atoms with E-state index < -0.39 is 12.0 Å². The van der Waals surface area contributed by atoms with E-state index >= 15 is 0 Å². The maximum atomic E-state index is 12.6. The first-order valence-electron chi connectivity index (χ1n) is 8.69. The average Bonchev–Trinajstić information content (AvgIpc) is 2.65. The van der Waals surface area contributed by atoms with Crippen LogP contribution in [0.4, 0.5) is 0 Å². The van der Waals surface area contributed by atoms with Gasteiger partial charge in [0.2, 0.25) is 5.91 Å². The number of aryl methyl sites for hydroxylation is 1. The summed E-state index contributed by atoms with van der Waals surface area (Å²) in [5.41, 5.74) is 6.74. The molecule has 2 aromatic carbocycles. The molecule has 1 aliphatic heterocycles. The minimum atomic E-state index is -0.509. The van der Waals surface area contributed by atoms with Crippen molar-refractivity contribution in [2.45, 2.75) is 25.5 Å². The van der Waals surface area contributed by atoms with Gasteiger partial charge < -0.3 is 25.6 Å². The number of rotatable bonds is 5. The van der Waals surface area contributed by atoms with Gasteiger partial charge in [-0.05, 0) is 49.7 Å². The molecule has 1 saturated heterocycles. The predicted octanol–water partition coefficient (Wildman–Crippen LogP) is 1.77. The summed E-state index contributed by atoms with van der Waals surface area (Å²) in [4.78, 5) is 23.7. The largest absolute Gasteiger partial charge is 0.507 e. The summed E-state index contributed by atoms with van der Waals surface area (Å²) < 4.78 is 11.4. The lowest BCUT2D eigenvalue weighted by molar-refractivity contribution is -0.0135. The molecule has 1 aliphatic rings. The van der Waals surface area contributed by atoms with Crippen molar-refractivity contribution in [2.24, 2.45) is 5.73 Å². The van der Waals surface area contributed by atoms with Gasteiger partial charge >= 0.3 is 0 Å². The summed E-state index contributed by atoms with van der Waals surface area (Å²) in [7, 11) is 0. The summed E-state index contributed by atoms with van der Waals surface area (Å²) in [5, 5.41) is 12.9. The molecule has 2 aromatic rings. The number of amides is 2. The van der Waals surface area contributed by atoms with E-state index in [1.807, 2.05) is 6.92 Å². The van der Waals surface area contributed by atoms with Gasteiger partial charge in [0.1, 0.15) is 17.6 Å². The van der Waals surface area contributed by atoms with Crippen LogP contribution < -0.4 is 15.8 Å². The summed E-state index contributed by atoms with van der Waals surface area (Å²) in [6.07, 6.45) is 0.191. The molecule has 7 nitrogen and oxygen atoms in total. The van der Waals surface area contributed by atoms with Crippen LogP contribution in [-0.2, 0) is 4.74 Å². The second-order valence-electron chi connectivity index (χ2n) is 6.51. The Bertz CT molecular complexity index is 835. The number of hydrogen-bond acceptors (Lipinski definition) is 5. The topological polar surface area (TPSA) is 111 Å². The molecule has 0 aromatic heterocycles. The first-order valence-corrected chi connectivity index (χ1v) is 8.69. The number of nitrogens with two attached hydrogens (primary N) is 1. The predicted molar refractivity (Wildman–Crippen MR) is 98.9 cm³/mol. The highest BCUT2D eigenvalue weighted by Crippen LogP contribution is 2.21. The second-order valence-corrected chi connectivity index (χ2v) is 6.51. The number of phenols is 1. The van der Waals surface area contributed by atoms with Gasteiger partial charge in [0.05, 0.1) is 18.2 Å². The molecule has 4 N–H and O–H groups in total. The van der Waals surface area contributed by atoms with Gasteiger partial charge in [0, 0.05) is 12.2 Å². The van der Waals surface area contributed by atoms with E-state index in [0.717, 1.165) is 5.56 Å². The van der Waals surface area contributed by atoms with Crippen LogP contribution in [0, 0.1) is 6.92 Å². The maximum Gasteiger partial charge on any atom is 0.255 e. The number of aromatic hydroxyl groups is 1. The van der Waals surface area contributed by atoms with Crippen LogP contribution in [0.25, 0.3) is 0 Å². The van der Waals surface area contributed by atoms with Gasteiger partial charge in [-0.25, -0.2) is 0 Å². The van der Waals surface area contributed by atoms with Crippen LogP contribution in [0.3, 0.4) is 0 Å². The van der Waals surface area contributed by atoms with Crippen molar-refractivity contribution >= 4 is 11.8 Å². The molecule has 0 aliphatic carbocycles. The smallest absolute Gasteiger partial charge is 0.255 e. The minimum Gasteiger partial charge on any atom is -0.507 e. The van der Waals surface area contributed by atoms with E-state index in [2.05, 4.69) is 5.32 Å².